The lowest BCUT2D eigenvalue weighted by atomic mass is 10.2. The molecular formula is C19H23ClF2N4O2S. The molecule has 0 radical (unpaired) electrons. The fourth-order valence-corrected chi connectivity index (χ4v) is 3.88. The van der Waals surface area contributed by atoms with E-state index in [1.165, 1.54) is 23.5 Å². The number of ether oxygens (including phenoxy) is 1. The van der Waals surface area contributed by atoms with E-state index in [1.807, 2.05) is 0 Å². The van der Waals surface area contributed by atoms with Gasteiger partial charge in [-0.25, -0.2) is 18.6 Å². The Balaban J connectivity index is 1.62. The van der Waals surface area contributed by atoms with E-state index in [0.717, 1.165) is 4.88 Å². The molecule has 1 fully saturated rings. The summed E-state index contributed by atoms with van der Waals surface area (Å²) in [7, 11) is 0. The molecule has 0 aliphatic carbocycles. The minimum Gasteiger partial charge on any atom is -0.444 e. The first-order chi connectivity index (χ1) is 13.6. The van der Waals surface area contributed by atoms with Crippen molar-refractivity contribution in [3.05, 3.63) is 39.3 Å². The minimum atomic E-state index is -0.652. The molecule has 158 valence electrons. The number of halogens is 3. The van der Waals surface area contributed by atoms with Gasteiger partial charge in [0.1, 0.15) is 11.3 Å². The first-order valence-electron chi connectivity index (χ1n) is 9.18. The largest absolute Gasteiger partial charge is 0.444 e. The molecule has 0 atom stereocenters. The summed E-state index contributed by atoms with van der Waals surface area (Å²) >= 11 is 7.08. The van der Waals surface area contributed by atoms with Crippen LogP contribution in [0.1, 0.15) is 25.6 Å². The van der Waals surface area contributed by atoms with Crippen LogP contribution >= 0.6 is 22.9 Å². The Kier molecular flexibility index (Phi) is 6.48. The maximum absolute atomic E-state index is 14.6. The summed E-state index contributed by atoms with van der Waals surface area (Å²) in [6.07, 6.45) is 1.20. The number of carbonyl (C=O) groups excluding carboxylic acids is 1. The van der Waals surface area contributed by atoms with Gasteiger partial charge in [-0.05, 0) is 32.9 Å². The number of piperazine rings is 1. The maximum Gasteiger partial charge on any atom is 0.410 e. The quantitative estimate of drug-likeness (QED) is 0.737. The molecule has 1 saturated heterocycles. The lowest BCUT2D eigenvalue weighted by molar-refractivity contribution is 0.0240. The molecule has 1 aromatic carbocycles. The highest BCUT2D eigenvalue weighted by Gasteiger charge is 2.28. The summed E-state index contributed by atoms with van der Waals surface area (Å²) in [5, 5.41) is 2.97. The van der Waals surface area contributed by atoms with Gasteiger partial charge in [-0.3, -0.25) is 0 Å². The lowest BCUT2D eigenvalue weighted by Crippen LogP contribution is -2.50. The average Bonchev–Trinajstić information content (AvgIpc) is 3.04. The topological polar surface area (TPSA) is 57.7 Å². The molecule has 1 aromatic heterocycles. The van der Waals surface area contributed by atoms with Gasteiger partial charge in [0.05, 0.1) is 6.54 Å². The number of amides is 1. The number of hydrogen-bond donors (Lipinski definition) is 1. The van der Waals surface area contributed by atoms with Crippen LogP contribution in [0.15, 0.2) is 18.3 Å². The fourth-order valence-electron chi connectivity index (χ4n) is 2.96. The number of rotatable bonds is 4. The van der Waals surface area contributed by atoms with Gasteiger partial charge in [0.2, 0.25) is 0 Å². The molecule has 0 bridgehead atoms. The van der Waals surface area contributed by atoms with E-state index in [-0.39, 0.29) is 5.69 Å². The van der Waals surface area contributed by atoms with E-state index in [2.05, 4.69) is 10.3 Å². The Morgan fingerprint density at radius 3 is 2.38 bits per heavy atom. The van der Waals surface area contributed by atoms with Crippen LogP contribution in [0.5, 0.6) is 0 Å². The van der Waals surface area contributed by atoms with Crippen LogP contribution in [0.2, 0.25) is 4.47 Å². The molecule has 0 spiro atoms. The molecule has 3 rings (SSSR count). The smallest absolute Gasteiger partial charge is 0.410 e. The van der Waals surface area contributed by atoms with Crippen LogP contribution in [-0.4, -0.2) is 47.8 Å². The highest BCUT2D eigenvalue weighted by molar-refractivity contribution is 7.15. The summed E-state index contributed by atoms with van der Waals surface area (Å²) in [6, 6.07) is 2.53. The fraction of sp³-hybridized carbons (Fsp3) is 0.474. The van der Waals surface area contributed by atoms with Crippen LogP contribution in [0.4, 0.5) is 25.0 Å². The first-order valence-corrected chi connectivity index (χ1v) is 10.4. The average molecular weight is 445 g/mol. The molecule has 0 saturated carbocycles. The van der Waals surface area contributed by atoms with Gasteiger partial charge >= 0.3 is 6.09 Å². The third kappa shape index (κ3) is 5.70. The normalized spacial score (nSPS) is 14.8. The highest BCUT2D eigenvalue weighted by Crippen LogP contribution is 2.29. The second-order valence-corrected chi connectivity index (χ2v) is 9.37. The summed E-state index contributed by atoms with van der Waals surface area (Å²) in [5.41, 5.74) is -0.333. The number of hydrogen-bond acceptors (Lipinski definition) is 6. The van der Waals surface area contributed by atoms with E-state index in [9.17, 15) is 13.6 Å². The Hall–Kier alpha value is -2.13. The van der Waals surface area contributed by atoms with E-state index in [0.29, 0.717) is 42.9 Å². The monoisotopic (exact) mass is 444 g/mol. The zero-order valence-electron chi connectivity index (χ0n) is 16.5. The standard InChI is InChI=1S/C19H23ClF2N4O2S/c1-19(2,3)28-18(27)26-6-4-25(5-7-26)16-14(21)8-12(9-15(16)22)23-10-13-11-24-17(20)29-13/h8-9,11,23H,4-7,10H2,1-3H3. The van der Waals surface area contributed by atoms with E-state index in [1.54, 1.807) is 36.8 Å². The van der Waals surface area contributed by atoms with Crippen molar-refractivity contribution in [2.24, 2.45) is 0 Å². The van der Waals surface area contributed by atoms with E-state index >= 15 is 0 Å². The minimum absolute atomic E-state index is 0.0831. The lowest BCUT2D eigenvalue weighted by Gasteiger charge is -2.37. The summed E-state index contributed by atoms with van der Waals surface area (Å²) in [5.74, 6) is -1.30. The molecule has 10 heteroatoms. The number of carbonyl (C=O) groups is 1. The van der Waals surface area contributed by atoms with Crippen LogP contribution in [0.3, 0.4) is 0 Å². The van der Waals surface area contributed by atoms with Gasteiger partial charge in [0.15, 0.2) is 16.1 Å². The Morgan fingerprint density at radius 1 is 1.24 bits per heavy atom. The Morgan fingerprint density at radius 2 is 1.86 bits per heavy atom. The molecule has 2 heterocycles. The summed E-state index contributed by atoms with van der Waals surface area (Å²) in [4.78, 5) is 20.1. The van der Waals surface area contributed by atoms with Crippen LogP contribution in [0.25, 0.3) is 0 Å². The van der Waals surface area contributed by atoms with Crippen molar-refractivity contribution in [3.63, 3.8) is 0 Å². The molecule has 2 aromatic rings. The Labute approximate surface area is 177 Å². The predicted molar refractivity (Wildman–Crippen MR) is 111 cm³/mol. The third-order valence-corrected chi connectivity index (χ3v) is 5.37. The molecule has 29 heavy (non-hydrogen) atoms. The van der Waals surface area contributed by atoms with E-state index in [4.69, 9.17) is 16.3 Å². The molecule has 1 aliphatic heterocycles. The van der Waals surface area contributed by atoms with Gasteiger partial charge in [0, 0.05) is 42.9 Å². The second-order valence-electron chi connectivity index (χ2n) is 7.68. The molecule has 0 unspecified atom stereocenters. The molecule has 6 nitrogen and oxygen atoms in total. The summed E-state index contributed by atoms with van der Waals surface area (Å²) in [6.45, 7) is 7.07. The molecular weight excluding hydrogens is 422 g/mol. The highest BCUT2D eigenvalue weighted by atomic mass is 35.5. The zero-order chi connectivity index (χ0) is 21.2. The molecule has 1 N–H and O–H groups in total. The maximum atomic E-state index is 14.6. The van der Waals surface area contributed by atoms with E-state index < -0.39 is 23.3 Å². The van der Waals surface area contributed by atoms with Crippen molar-refractivity contribution < 1.29 is 18.3 Å². The van der Waals surface area contributed by atoms with Crippen LogP contribution in [0, 0.1) is 11.6 Å². The number of nitrogens with zero attached hydrogens (tertiary/aromatic N) is 3. The van der Waals surface area contributed by atoms with Crippen molar-refractivity contribution in [1.82, 2.24) is 9.88 Å². The zero-order valence-corrected chi connectivity index (χ0v) is 18.0. The number of nitrogens with one attached hydrogen (secondary N) is 1. The SMILES string of the molecule is CC(C)(C)OC(=O)N1CCN(c2c(F)cc(NCc3cnc(Cl)s3)cc2F)CC1. The number of thiazole rings is 1. The van der Waals surface area contributed by atoms with Gasteiger partial charge in [0.25, 0.3) is 0 Å². The van der Waals surface area contributed by atoms with Crippen molar-refractivity contribution in [3.8, 4) is 0 Å². The third-order valence-electron chi connectivity index (χ3n) is 4.26. The van der Waals surface area contributed by atoms with Gasteiger partial charge in [-0.2, -0.15) is 0 Å². The number of anilines is 2. The van der Waals surface area contributed by atoms with Crippen molar-refractivity contribution in [2.75, 3.05) is 36.4 Å². The Bertz CT molecular complexity index is 856. The van der Waals surface area contributed by atoms with Gasteiger partial charge in [-0.15, -0.1) is 11.3 Å². The molecule has 1 amide bonds. The predicted octanol–water partition coefficient (Wildman–Crippen LogP) is 4.74. The van der Waals surface area contributed by atoms with Crippen molar-refractivity contribution in [1.29, 1.82) is 0 Å². The second kappa shape index (κ2) is 8.71. The van der Waals surface area contributed by atoms with Crippen molar-refractivity contribution in [2.45, 2.75) is 32.9 Å². The van der Waals surface area contributed by atoms with Crippen LogP contribution < -0.4 is 10.2 Å². The first kappa shape index (κ1) is 21.6. The number of aromatic nitrogens is 1. The van der Waals surface area contributed by atoms with Gasteiger partial charge in [-0.1, -0.05) is 11.6 Å². The van der Waals surface area contributed by atoms with Crippen molar-refractivity contribution >= 4 is 40.4 Å². The van der Waals surface area contributed by atoms with Gasteiger partial charge < -0.3 is 19.9 Å². The summed E-state index contributed by atoms with van der Waals surface area (Å²) < 4.78 is 35.1. The van der Waals surface area contributed by atoms with Crippen LogP contribution in [-0.2, 0) is 11.3 Å². The number of benzene rings is 1. The molecule has 1 aliphatic rings.